The van der Waals surface area contributed by atoms with Crippen molar-refractivity contribution in [2.75, 3.05) is 6.61 Å². The Labute approximate surface area is 111 Å². The van der Waals surface area contributed by atoms with E-state index in [4.69, 9.17) is 5.11 Å². The van der Waals surface area contributed by atoms with Gasteiger partial charge in [-0.25, -0.2) is 4.98 Å². The van der Waals surface area contributed by atoms with Gasteiger partial charge in [0.25, 0.3) is 5.91 Å². The SMILES string of the molecule is CC[C@@H](CO)NC(=O)c1cncn1-c1ccccc1. The Morgan fingerprint density at radius 3 is 2.79 bits per heavy atom. The van der Waals surface area contributed by atoms with Crippen LogP contribution in [0.2, 0.25) is 0 Å². The van der Waals surface area contributed by atoms with Crippen molar-refractivity contribution in [3.05, 3.63) is 48.5 Å². The lowest BCUT2D eigenvalue weighted by Gasteiger charge is -2.14. The van der Waals surface area contributed by atoms with Crippen LogP contribution in [0, 0.1) is 0 Å². The van der Waals surface area contributed by atoms with E-state index >= 15 is 0 Å². The van der Waals surface area contributed by atoms with Gasteiger partial charge >= 0.3 is 0 Å². The maximum atomic E-state index is 12.1. The molecule has 0 unspecified atom stereocenters. The Morgan fingerprint density at radius 2 is 2.16 bits per heavy atom. The third-order valence-corrected chi connectivity index (χ3v) is 2.95. The number of benzene rings is 1. The lowest BCUT2D eigenvalue weighted by molar-refractivity contribution is 0.0908. The molecule has 0 bridgehead atoms. The number of aromatic nitrogens is 2. The molecule has 0 aliphatic carbocycles. The molecule has 0 saturated heterocycles. The van der Waals surface area contributed by atoms with Gasteiger partial charge in [-0.2, -0.15) is 0 Å². The highest BCUT2D eigenvalue weighted by atomic mass is 16.3. The minimum atomic E-state index is -0.234. The van der Waals surface area contributed by atoms with E-state index in [-0.39, 0.29) is 18.6 Å². The standard InChI is InChI=1S/C14H17N3O2/c1-2-11(9-18)16-14(19)13-8-15-10-17(13)12-6-4-3-5-7-12/h3-8,10-11,18H,2,9H2,1H3,(H,16,19)/t11-/m0/s1. The molecule has 100 valence electrons. The second-order valence-electron chi connectivity index (χ2n) is 4.25. The smallest absolute Gasteiger partial charge is 0.270 e. The number of amides is 1. The molecule has 2 rings (SSSR count). The van der Waals surface area contributed by atoms with Gasteiger partial charge in [0.2, 0.25) is 0 Å². The van der Waals surface area contributed by atoms with Gasteiger partial charge in [0.1, 0.15) is 5.69 Å². The predicted octanol–water partition coefficient (Wildman–Crippen LogP) is 1.37. The maximum absolute atomic E-state index is 12.1. The summed E-state index contributed by atoms with van der Waals surface area (Å²) in [6.45, 7) is 1.84. The summed E-state index contributed by atoms with van der Waals surface area (Å²) >= 11 is 0. The Kier molecular flexibility index (Phi) is 4.30. The van der Waals surface area contributed by atoms with Gasteiger partial charge < -0.3 is 10.4 Å². The molecule has 0 radical (unpaired) electrons. The minimum Gasteiger partial charge on any atom is -0.394 e. The van der Waals surface area contributed by atoms with Gasteiger partial charge in [-0.05, 0) is 18.6 Å². The highest BCUT2D eigenvalue weighted by Crippen LogP contribution is 2.10. The zero-order valence-corrected chi connectivity index (χ0v) is 10.8. The first-order valence-corrected chi connectivity index (χ1v) is 6.25. The van der Waals surface area contributed by atoms with Crippen LogP contribution in [0.1, 0.15) is 23.8 Å². The Balaban J connectivity index is 2.23. The van der Waals surface area contributed by atoms with Crippen LogP contribution >= 0.6 is 0 Å². The third kappa shape index (κ3) is 3.00. The van der Waals surface area contributed by atoms with Gasteiger partial charge in [-0.3, -0.25) is 9.36 Å². The molecule has 0 saturated carbocycles. The number of imidazole rings is 1. The lowest BCUT2D eigenvalue weighted by atomic mass is 10.2. The first-order chi connectivity index (χ1) is 9.26. The van der Waals surface area contributed by atoms with Crippen LogP contribution in [0.5, 0.6) is 0 Å². The Hall–Kier alpha value is -2.14. The molecule has 1 atom stereocenters. The van der Waals surface area contributed by atoms with E-state index in [0.717, 1.165) is 5.69 Å². The highest BCUT2D eigenvalue weighted by Gasteiger charge is 2.15. The van der Waals surface area contributed by atoms with E-state index in [1.807, 2.05) is 37.3 Å². The van der Waals surface area contributed by atoms with E-state index < -0.39 is 0 Å². The molecular formula is C14H17N3O2. The van der Waals surface area contributed by atoms with Crippen molar-refractivity contribution in [1.82, 2.24) is 14.9 Å². The Morgan fingerprint density at radius 1 is 1.42 bits per heavy atom. The second-order valence-corrected chi connectivity index (χ2v) is 4.25. The van der Waals surface area contributed by atoms with E-state index in [9.17, 15) is 4.79 Å². The predicted molar refractivity (Wildman–Crippen MR) is 72.2 cm³/mol. The van der Waals surface area contributed by atoms with Gasteiger partial charge in [0.15, 0.2) is 0 Å². The summed E-state index contributed by atoms with van der Waals surface area (Å²) in [5, 5.41) is 11.9. The highest BCUT2D eigenvalue weighted by molar-refractivity contribution is 5.93. The van der Waals surface area contributed by atoms with Crippen LogP contribution in [0.4, 0.5) is 0 Å². The molecule has 19 heavy (non-hydrogen) atoms. The van der Waals surface area contributed by atoms with Crippen molar-refractivity contribution in [2.45, 2.75) is 19.4 Å². The number of para-hydroxylation sites is 1. The zero-order chi connectivity index (χ0) is 13.7. The first-order valence-electron chi connectivity index (χ1n) is 6.25. The Bertz CT molecular complexity index is 533. The van der Waals surface area contributed by atoms with Crippen LogP contribution in [0.25, 0.3) is 5.69 Å². The molecular weight excluding hydrogens is 242 g/mol. The molecule has 0 fully saturated rings. The third-order valence-electron chi connectivity index (χ3n) is 2.95. The van der Waals surface area contributed by atoms with Crippen LogP contribution in [0.3, 0.4) is 0 Å². The minimum absolute atomic E-state index is 0.0677. The van der Waals surface area contributed by atoms with Crippen molar-refractivity contribution in [1.29, 1.82) is 0 Å². The molecule has 1 heterocycles. The fraction of sp³-hybridized carbons (Fsp3) is 0.286. The lowest BCUT2D eigenvalue weighted by Crippen LogP contribution is -2.37. The topological polar surface area (TPSA) is 67.2 Å². The van der Waals surface area contributed by atoms with Crippen molar-refractivity contribution in [3.63, 3.8) is 0 Å². The van der Waals surface area contributed by atoms with Crippen molar-refractivity contribution in [2.24, 2.45) is 0 Å². The molecule has 1 aromatic heterocycles. The number of aliphatic hydroxyl groups is 1. The second kappa shape index (κ2) is 6.15. The summed E-state index contributed by atoms with van der Waals surface area (Å²) in [6, 6.07) is 9.30. The molecule has 0 spiro atoms. The van der Waals surface area contributed by atoms with Gasteiger partial charge in [-0.1, -0.05) is 25.1 Å². The number of rotatable bonds is 5. The van der Waals surface area contributed by atoms with Gasteiger partial charge in [0.05, 0.1) is 25.2 Å². The van der Waals surface area contributed by atoms with Crippen LogP contribution < -0.4 is 5.32 Å². The number of nitrogens with zero attached hydrogens (tertiary/aromatic N) is 2. The summed E-state index contributed by atoms with van der Waals surface area (Å²) in [5.41, 5.74) is 1.33. The average molecular weight is 259 g/mol. The molecule has 0 aliphatic heterocycles. The van der Waals surface area contributed by atoms with E-state index in [0.29, 0.717) is 12.1 Å². The number of hydrogen-bond donors (Lipinski definition) is 2. The van der Waals surface area contributed by atoms with E-state index in [2.05, 4.69) is 10.3 Å². The van der Waals surface area contributed by atoms with E-state index in [1.54, 1.807) is 10.9 Å². The summed E-state index contributed by atoms with van der Waals surface area (Å²) < 4.78 is 1.72. The fourth-order valence-corrected chi connectivity index (χ4v) is 1.79. The van der Waals surface area contributed by atoms with Crippen molar-refractivity contribution in [3.8, 4) is 5.69 Å². The number of nitrogens with one attached hydrogen (secondary N) is 1. The number of aliphatic hydroxyl groups excluding tert-OH is 1. The molecule has 5 heteroatoms. The molecule has 0 aliphatic rings. The molecule has 1 aromatic carbocycles. The largest absolute Gasteiger partial charge is 0.394 e. The fourth-order valence-electron chi connectivity index (χ4n) is 1.79. The zero-order valence-electron chi connectivity index (χ0n) is 10.8. The molecule has 5 nitrogen and oxygen atoms in total. The number of carbonyl (C=O) groups excluding carboxylic acids is 1. The maximum Gasteiger partial charge on any atom is 0.270 e. The summed E-state index contributed by atoms with van der Waals surface area (Å²) in [7, 11) is 0. The monoisotopic (exact) mass is 259 g/mol. The number of hydrogen-bond acceptors (Lipinski definition) is 3. The molecule has 2 aromatic rings. The van der Waals surface area contributed by atoms with E-state index in [1.165, 1.54) is 6.20 Å². The van der Waals surface area contributed by atoms with Crippen molar-refractivity contribution < 1.29 is 9.90 Å². The van der Waals surface area contributed by atoms with Crippen LogP contribution in [0.15, 0.2) is 42.9 Å². The average Bonchev–Trinajstić information content (AvgIpc) is 2.95. The number of carbonyl (C=O) groups is 1. The van der Waals surface area contributed by atoms with Gasteiger partial charge in [0, 0.05) is 5.69 Å². The van der Waals surface area contributed by atoms with Crippen LogP contribution in [-0.2, 0) is 0 Å². The van der Waals surface area contributed by atoms with Gasteiger partial charge in [-0.15, -0.1) is 0 Å². The van der Waals surface area contributed by atoms with Crippen LogP contribution in [-0.4, -0.2) is 33.2 Å². The first kappa shape index (κ1) is 13.3. The van der Waals surface area contributed by atoms with Crippen molar-refractivity contribution >= 4 is 5.91 Å². The summed E-state index contributed by atoms with van der Waals surface area (Å²) in [6.07, 6.45) is 3.80. The molecule has 2 N–H and O–H groups in total. The summed E-state index contributed by atoms with van der Waals surface area (Å²) in [5.74, 6) is -0.234. The quantitative estimate of drug-likeness (QED) is 0.852. The summed E-state index contributed by atoms with van der Waals surface area (Å²) in [4.78, 5) is 16.2. The molecule has 1 amide bonds. The normalized spacial score (nSPS) is 12.1.